The largest absolute Gasteiger partial charge is 0.433 e. The fourth-order valence-electron chi connectivity index (χ4n) is 4.10. The van der Waals surface area contributed by atoms with E-state index in [4.69, 9.17) is 0 Å². The average molecular weight is 344 g/mol. The first-order chi connectivity index (χ1) is 11.3. The zero-order valence-corrected chi connectivity index (χ0v) is 14.0. The van der Waals surface area contributed by atoms with Crippen molar-refractivity contribution in [3.63, 3.8) is 0 Å². The normalized spacial score (nSPS) is 25.6. The highest BCUT2D eigenvalue weighted by molar-refractivity contribution is 5.95. The SMILES string of the molecule is CCn1ncc(C(=O)N2CCC[C@H]2[C@@H]2CCCN2C)c1C(F)(F)F. The van der Waals surface area contributed by atoms with Gasteiger partial charge >= 0.3 is 6.18 Å². The summed E-state index contributed by atoms with van der Waals surface area (Å²) in [7, 11) is 2.02. The number of nitrogens with zero attached hydrogens (tertiary/aromatic N) is 4. The van der Waals surface area contributed by atoms with E-state index in [1.54, 1.807) is 11.8 Å². The van der Waals surface area contributed by atoms with Gasteiger partial charge in [-0.15, -0.1) is 0 Å². The van der Waals surface area contributed by atoms with E-state index in [1.807, 2.05) is 7.05 Å². The first kappa shape index (κ1) is 17.3. The van der Waals surface area contributed by atoms with Gasteiger partial charge in [-0.3, -0.25) is 9.48 Å². The van der Waals surface area contributed by atoms with Crippen molar-refractivity contribution in [1.82, 2.24) is 19.6 Å². The number of aryl methyl sites for hydroxylation is 1. The zero-order valence-electron chi connectivity index (χ0n) is 14.0. The van der Waals surface area contributed by atoms with Gasteiger partial charge in [0.25, 0.3) is 5.91 Å². The van der Waals surface area contributed by atoms with Crippen LogP contribution in [0.25, 0.3) is 0 Å². The number of amides is 1. The van der Waals surface area contributed by atoms with Crippen LogP contribution in [0.4, 0.5) is 13.2 Å². The van der Waals surface area contributed by atoms with Gasteiger partial charge in [0.05, 0.1) is 11.8 Å². The number of likely N-dealkylation sites (tertiary alicyclic amines) is 2. The maximum Gasteiger partial charge on any atom is 0.433 e. The predicted octanol–water partition coefficient (Wildman–Crippen LogP) is 2.62. The van der Waals surface area contributed by atoms with Gasteiger partial charge in [-0.05, 0) is 46.2 Å². The van der Waals surface area contributed by atoms with Crippen LogP contribution in [0.1, 0.15) is 48.7 Å². The second kappa shape index (κ2) is 6.38. The summed E-state index contributed by atoms with van der Waals surface area (Å²) in [5.74, 6) is -0.537. The molecule has 0 saturated carbocycles. The van der Waals surface area contributed by atoms with E-state index in [1.165, 1.54) is 0 Å². The molecule has 2 aliphatic heterocycles. The molecule has 3 heterocycles. The van der Waals surface area contributed by atoms with Crippen LogP contribution < -0.4 is 0 Å². The number of carbonyl (C=O) groups is 1. The lowest BCUT2D eigenvalue weighted by atomic mass is 10.0. The fourth-order valence-corrected chi connectivity index (χ4v) is 4.10. The highest BCUT2D eigenvalue weighted by Gasteiger charge is 2.44. The predicted molar refractivity (Wildman–Crippen MR) is 82.6 cm³/mol. The molecule has 24 heavy (non-hydrogen) atoms. The molecular formula is C16H23F3N4O. The number of carbonyl (C=O) groups excluding carboxylic acids is 1. The van der Waals surface area contributed by atoms with E-state index in [2.05, 4.69) is 10.00 Å². The Labute approximate surface area is 139 Å². The lowest BCUT2D eigenvalue weighted by Gasteiger charge is -2.33. The van der Waals surface area contributed by atoms with Gasteiger partial charge < -0.3 is 9.80 Å². The number of alkyl halides is 3. The lowest BCUT2D eigenvalue weighted by molar-refractivity contribution is -0.144. The van der Waals surface area contributed by atoms with Crippen molar-refractivity contribution >= 4 is 5.91 Å². The van der Waals surface area contributed by atoms with Crippen LogP contribution >= 0.6 is 0 Å². The van der Waals surface area contributed by atoms with Crippen LogP contribution in [0.3, 0.4) is 0 Å². The number of rotatable bonds is 3. The second-order valence-electron chi connectivity index (χ2n) is 6.62. The Kier molecular flexibility index (Phi) is 4.59. The van der Waals surface area contributed by atoms with Gasteiger partial charge in [-0.2, -0.15) is 18.3 Å². The van der Waals surface area contributed by atoms with E-state index in [9.17, 15) is 18.0 Å². The Hall–Kier alpha value is -1.57. The smallest absolute Gasteiger partial charge is 0.334 e. The third-order valence-electron chi connectivity index (χ3n) is 5.22. The average Bonchev–Trinajstić information content (AvgIpc) is 3.23. The molecule has 0 N–H and O–H groups in total. The summed E-state index contributed by atoms with van der Waals surface area (Å²) < 4.78 is 41.1. The van der Waals surface area contributed by atoms with Crippen LogP contribution in [-0.4, -0.2) is 57.7 Å². The van der Waals surface area contributed by atoms with Crippen LogP contribution in [0, 0.1) is 0 Å². The standard InChI is InChI=1S/C16H23F3N4O/c1-3-23-14(16(17,18)19)11(10-20-23)15(24)22-9-5-7-13(22)12-6-4-8-21(12)2/h10,12-13H,3-9H2,1-2H3/t12-,13-/m0/s1. The van der Waals surface area contributed by atoms with Gasteiger partial charge in [-0.1, -0.05) is 0 Å². The van der Waals surface area contributed by atoms with Crippen molar-refractivity contribution in [2.24, 2.45) is 0 Å². The molecule has 0 bridgehead atoms. The Morgan fingerprint density at radius 3 is 2.50 bits per heavy atom. The summed E-state index contributed by atoms with van der Waals surface area (Å²) in [4.78, 5) is 16.7. The number of likely N-dealkylation sites (N-methyl/N-ethyl adjacent to an activating group) is 1. The van der Waals surface area contributed by atoms with Gasteiger partial charge in [0.15, 0.2) is 5.69 Å². The molecule has 5 nitrogen and oxygen atoms in total. The van der Waals surface area contributed by atoms with Crippen molar-refractivity contribution in [1.29, 1.82) is 0 Å². The van der Waals surface area contributed by atoms with Crippen molar-refractivity contribution in [2.45, 2.75) is 57.4 Å². The highest BCUT2D eigenvalue weighted by Crippen LogP contribution is 2.35. The molecule has 0 unspecified atom stereocenters. The van der Waals surface area contributed by atoms with Crippen molar-refractivity contribution < 1.29 is 18.0 Å². The zero-order chi connectivity index (χ0) is 17.5. The summed E-state index contributed by atoms with van der Waals surface area (Å²) >= 11 is 0. The quantitative estimate of drug-likeness (QED) is 0.846. The molecule has 1 aromatic rings. The minimum atomic E-state index is -4.59. The van der Waals surface area contributed by atoms with Crippen LogP contribution in [0.2, 0.25) is 0 Å². The van der Waals surface area contributed by atoms with Gasteiger partial charge in [0.1, 0.15) is 0 Å². The molecule has 2 saturated heterocycles. The van der Waals surface area contributed by atoms with Crippen molar-refractivity contribution in [3.8, 4) is 0 Å². The summed E-state index contributed by atoms with van der Waals surface area (Å²) in [6, 6.07) is 0.239. The Morgan fingerprint density at radius 2 is 1.92 bits per heavy atom. The van der Waals surface area contributed by atoms with Crippen LogP contribution in [0.15, 0.2) is 6.20 Å². The van der Waals surface area contributed by atoms with Crippen molar-refractivity contribution in [3.05, 3.63) is 17.5 Å². The number of aromatic nitrogens is 2. The van der Waals surface area contributed by atoms with Crippen LogP contribution in [0.5, 0.6) is 0 Å². The van der Waals surface area contributed by atoms with Crippen LogP contribution in [-0.2, 0) is 12.7 Å². The lowest BCUT2D eigenvalue weighted by Crippen LogP contribution is -2.47. The van der Waals surface area contributed by atoms with Gasteiger partial charge in [-0.25, -0.2) is 0 Å². The Morgan fingerprint density at radius 1 is 1.25 bits per heavy atom. The molecule has 3 rings (SSSR count). The topological polar surface area (TPSA) is 41.4 Å². The van der Waals surface area contributed by atoms with Gasteiger partial charge in [0.2, 0.25) is 0 Å². The molecule has 0 aliphatic carbocycles. The minimum Gasteiger partial charge on any atom is -0.334 e. The molecule has 2 atom stereocenters. The molecule has 8 heteroatoms. The first-order valence-electron chi connectivity index (χ1n) is 8.48. The summed E-state index contributed by atoms with van der Waals surface area (Å²) in [5.41, 5.74) is -1.25. The molecule has 1 amide bonds. The molecule has 134 valence electrons. The van der Waals surface area contributed by atoms with E-state index in [-0.39, 0.29) is 24.2 Å². The highest BCUT2D eigenvalue weighted by atomic mass is 19.4. The molecule has 0 spiro atoms. The second-order valence-corrected chi connectivity index (χ2v) is 6.62. The molecule has 0 aromatic carbocycles. The Bertz CT molecular complexity index is 613. The minimum absolute atomic E-state index is 0.00365. The summed E-state index contributed by atoms with van der Waals surface area (Å²) in [5, 5.41) is 3.77. The molecule has 2 aliphatic rings. The summed E-state index contributed by atoms with van der Waals surface area (Å²) in [6.45, 7) is 3.16. The molecule has 0 radical (unpaired) electrons. The molecule has 1 aromatic heterocycles. The third-order valence-corrected chi connectivity index (χ3v) is 5.22. The van der Waals surface area contributed by atoms with Gasteiger partial charge in [0, 0.05) is 25.2 Å². The number of hydrogen-bond donors (Lipinski definition) is 0. The first-order valence-corrected chi connectivity index (χ1v) is 8.48. The van der Waals surface area contributed by atoms with E-state index in [0.29, 0.717) is 6.54 Å². The van der Waals surface area contributed by atoms with E-state index < -0.39 is 17.8 Å². The maximum absolute atomic E-state index is 13.4. The Balaban J connectivity index is 1.90. The molecule has 2 fully saturated rings. The third kappa shape index (κ3) is 2.92. The number of halogens is 3. The molecular weight excluding hydrogens is 321 g/mol. The maximum atomic E-state index is 13.4. The van der Waals surface area contributed by atoms with E-state index in [0.717, 1.165) is 43.1 Å². The number of hydrogen-bond acceptors (Lipinski definition) is 3. The van der Waals surface area contributed by atoms with E-state index >= 15 is 0 Å². The summed E-state index contributed by atoms with van der Waals surface area (Å²) in [6.07, 6.45) is 0.236. The van der Waals surface area contributed by atoms with Crippen molar-refractivity contribution in [2.75, 3.05) is 20.1 Å². The monoisotopic (exact) mass is 344 g/mol. The fraction of sp³-hybridized carbons (Fsp3) is 0.750.